The third-order valence-electron chi connectivity index (χ3n) is 27.2. The Balaban J connectivity index is 0.000000131. The van der Waals surface area contributed by atoms with Gasteiger partial charge in [0.1, 0.15) is 0 Å². The van der Waals surface area contributed by atoms with Crippen LogP contribution < -0.4 is 9.80 Å². The van der Waals surface area contributed by atoms with Crippen molar-refractivity contribution in [3.05, 3.63) is 481 Å². The van der Waals surface area contributed by atoms with E-state index in [0.29, 0.717) is 0 Å². The number of hydrogen-bond donors (Lipinski definition) is 0. The summed E-state index contributed by atoms with van der Waals surface area (Å²) in [5.41, 5.74) is 28.5. The molecular formula is C118H72N4S4. The highest BCUT2D eigenvalue weighted by molar-refractivity contribution is 7.99. The highest BCUT2D eigenvalue weighted by Crippen LogP contribution is 2.65. The molecule has 0 amide bonds. The van der Waals surface area contributed by atoms with Crippen LogP contribution in [-0.4, -0.2) is 9.13 Å². The van der Waals surface area contributed by atoms with Crippen LogP contribution >= 0.6 is 46.2 Å². The zero-order valence-electron chi connectivity index (χ0n) is 68.0. The molecule has 24 aromatic rings. The van der Waals surface area contributed by atoms with Gasteiger partial charge in [-0.2, -0.15) is 0 Å². The first-order valence-corrected chi connectivity index (χ1v) is 46.4. The van der Waals surface area contributed by atoms with E-state index in [-0.39, 0.29) is 0 Å². The van der Waals surface area contributed by atoms with Crippen molar-refractivity contribution in [3.63, 3.8) is 0 Å². The van der Waals surface area contributed by atoms with E-state index < -0.39 is 10.8 Å². The number of fused-ring (bicyclic) bond motifs is 28. The summed E-state index contributed by atoms with van der Waals surface area (Å²) in [4.78, 5) is 10.2. The van der Waals surface area contributed by atoms with Crippen LogP contribution in [0.4, 0.5) is 34.1 Å². The molecular weight excluding hydrogens is 1600 g/mol. The molecule has 4 aliphatic rings. The number of nitrogens with zero attached hydrogens (tertiary/aromatic N) is 4. The summed E-state index contributed by atoms with van der Waals surface area (Å²) < 4.78 is 9.99. The Morgan fingerprint density at radius 1 is 0.190 bits per heavy atom. The van der Waals surface area contributed by atoms with E-state index >= 15 is 0 Å². The van der Waals surface area contributed by atoms with Gasteiger partial charge in [0.2, 0.25) is 0 Å². The highest BCUT2D eigenvalue weighted by Gasteiger charge is 2.51. The minimum atomic E-state index is -0.552. The molecule has 0 bridgehead atoms. The fourth-order valence-corrected chi connectivity index (χ4v) is 26.8. The summed E-state index contributed by atoms with van der Waals surface area (Å²) in [5, 5.41) is 15.3. The van der Waals surface area contributed by atoms with Gasteiger partial charge >= 0.3 is 0 Å². The predicted octanol–water partition coefficient (Wildman–Crippen LogP) is 33.2. The van der Waals surface area contributed by atoms with Crippen molar-refractivity contribution in [1.29, 1.82) is 0 Å². The van der Waals surface area contributed by atoms with Crippen LogP contribution in [0.3, 0.4) is 0 Å². The SMILES string of the molecule is c1ccc(-n2c3ccccc3c3cc(N(c4ccc5c(c4)C4(c6ccccc6Sc6ccccc64)c4cccc6cccc-5c46)c4ccc5c(c4)sc4ccccc45)ccc32)cc1.c1ccc(-n2c3ccccc3c3cc(N(c4ccc5c(c4)C4(c6ccccc6Sc6ccccc64)c4cccc6cccc-5c46)c4ccc5sc6ccccc6c5c4)ccc32)cc1. The summed E-state index contributed by atoms with van der Waals surface area (Å²) >= 11 is 7.52. The molecule has 20 aromatic carbocycles. The van der Waals surface area contributed by atoms with Crippen molar-refractivity contribution >= 4 is 186 Å². The van der Waals surface area contributed by atoms with Gasteiger partial charge in [0, 0.05) is 127 Å². The van der Waals surface area contributed by atoms with Crippen LogP contribution in [0.5, 0.6) is 0 Å². The number of anilines is 6. The van der Waals surface area contributed by atoms with Crippen molar-refractivity contribution in [2.24, 2.45) is 0 Å². The third-order valence-corrected chi connectivity index (χ3v) is 31.8. The van der Waals surface area contributed by atoms with Crippen molar-refractivity contribution < 1.29 is 0 Å². The molecule has 2 aliphatic carbocycles. The Morgan fingerprint density at radius 2 is 0.516 bits per heavy atom. The zero-order valence-corrected chi connectivity index (χ0v) is 71.3. The number of aromatic nitrogens is 2. The number of hydrogen-bond acceptors (Lipinski definition) is 6. The average molecular weight is 1670 g/mol. The monoisotopic (exact) mass is 1670 g/mol. The van der Waals surface area contributed by atoms with Crippen LogP contribution in [0.2, 0.25) is 0 Å². The molecule has 0 atom stereocenters. The lowest BCUT2D eigenvalue weighted by atomic mass is 9.59. The van der Waals surface area contributed by atoms with Crippen molar-refractivity contribution in [1.82, 2.24) is 9.13 Å². The summed E-state index contributed by atoms with van der Waals surface area (Å²) in [6.07, 6.45) is 0. The summed E-state index contributed by atoms with van der Waals surface area (Å²) in [5.74, 6) is 0. The van der Waals surface area contributed by atoms with E-state index in [1.165, 1.54) is 192 Å². The molecule has 2 aliphatic heterocycles. The van der Waals surface area contributed by atoms with Gasteiger partial charge in [0.25, 0.3) is 0 Å². The van der Waals surface area contributed by atoms with Gasteiger partial charge in [-0.1, -0.05) is 297 Å². The lowest BCUT2D eigenvalue weighted by Gasteiger charge is -2.46. The van der Waals surface area contributed by atoms with E-state index in [0.717, 1.165) is 45.5 Å². The van der Waals surface area contributed by atoms with E-state index in [1.54, 1.807) is 0 Å². The lowest BCUT2D eigenvalue weighted by molar-refractivity contribution is 0.707. The molecule has 8 heteroatoms. The molecule has 4 aromatic heterocycles. The molecule has 0 saturated carbocycles. The number of para-hydroxylation sites is 4. The molecule has 0 radical (unpaired) electrons. The van der Waals surface area contributed by atoms with E-state index in [2.05, 4.69) is 456 Å². The quantitative estimate of drug-likeness (QED) is 0.151. The largest absolute Gasteiger partial charge is 0.310 e. The molecule has 588 valence electrons. The van der Waals surface area contributed by atoms with E-state index in [9.17, 15) is 0 Å². The smallest absolute Gasteiger partial charge is 0.0736 e. The fourth-order valence-electron chi connectivity index (χ4n) is 22.1. The molecule has 4 nitrogen and oxygen atoms in total. The van der Waals surface area contributed by atoms with Gasteiger partial charge in [0.15, 0.2) is 0 Å². The second-order valence-electron chi connectivity index (χ2n) is 33.6. The topological polar surface area (TPSA) is 16.3 Å². The van der Waals surface area contributed by atoms with Gasteiger partial charge in [-0.25, -0.2) is 0 Å². The fraction of sp³-hybridized carbons (Fsp3) is 0.0169. The predicted molar refractivity (Wildman–Crippen MR) is 535 cm³/mol. The van der Waals surface area contributed by atoms with Gasteiger partial charge in [-0.3, -0.25) is 0 Å². The maximum Gasteiger partial charge on any atom is 0.0736 e. The van der Waals surface area contributed by atoms with Crippen molar-refractivity contribution in [3.8, 4) is 33.6 Å². The lowest BCUT2D eigenvalue weighted by Crippen LogP contribution is -2.36. The van der Waals surface area contributed by atoms with E-state index in [4.69, 9.17) is 0 Å². The molecule has 0 N–H and O–H groups in total. The van der Waals surface area contributed by atoms with Crippen LogP contribution in [-0.2, 0) is 10.8 Å². The minimum absolute atomic E-state index is 0.550. The standard InChI is InChI=1S/2C59H36N2S2/c1-2-16-38(17-3-1)61-52-24-8-4-18-43(52)47-34-39(30-33-53(47)61)60(41-29-32-45-44-19-5-9-25-54(44)62-57(45)36-41)40-28-31-42-46-20-12-14-37-15-13-23-50(58(37)46)59(51(42)35-40)48-21-6-10-26-55(48)63-56-27-11-7-22-49(56)59;1-2-16-38(17-3-1)61-52-24-8-4-18-43(52)46-34-39(29-32-53(46)61)60(40-30-33-55-47(35-40)44-19-5-9-25-54(44)62-55)41-28-31-42-45-20-12-14-37-15-13-23-50(58(37)45)59(51(42)36-41)48-21-6-10-26-56(48)63-57-27-11-7-22-49(57)59/h2*1-36H. The van der Waals surface area contributed by atoms with Gasteiger partial charge in [0.05, 0.1) is 32.9 Å². The number of rotatable bonds is 8. The van der Waals surface area contributed by atoms with Gasteiger partial charge in [-0.05, 0) is 252 Å². The average Bonchev–Trinajstić information content (AvgIpc) is 0.840. The Morgan fingerprint density at radius 3 is 0.992 bits per heavy atom. The second-order valence-corrected chi connectivity index (χ2v) is 37.9. The molecule has 0 saturated heterocycles. The molecule has 28 rings (SSSR count). The Labute approximate surface area is 744 Å². The molecule has 2 spiro atoms. The van der Waals surface area contributed by atoms with Crippen LogP contribution in [0.25, 0.3) is 139 Å². The maximum absolute atomic E-state index is 2.53. The zero-order chi connectivity index (χ0) is 82.5. The Bertz CT molecular complexity index is 8620. The van der Waals surface area contributed by atoms with Crippen molar-refractivity contribution in [2.75, 3.05) is 9.80 Å². The maximum atomic E-state index is 2.53. The van der Waals surface area contributed by atoms with Gasteiger partial charge in [-0.15, -0.1) is 22.7 Å². The first-order chi connectivity index (χ1) is 62.5. The summed E-state index contributed by atoms with van der Waals surface area (Å²) in [7, 11) is 0. The Hall–Kier alpha value is -14.7. The van der Waals surface area contributed by atoms with Gasteiger partial charge < -0.3 is 18.9 Å². The normalized spacial score (nSPS) is 13.5. The molecule has 126 heavy (non-hydrogen) atoms. The van der Waals surface area contributed by atoms with Crippen molar-refractivity contribution in [2.45, 2.75) is 30.4 Å². The summed E-state index contributed by atoms with van der Waals surface area (Å²) in [6, 6.07) is 164. The third kappa shape index (κ3) is 10.4. The highest BCUT2D eigenvalue weighted by atomic mass is 32.2. The first kappa shape index (κ1) is 71.8. The minimum Gasteiger partial charge on any atom is -0.310 e. The van der Waals surface area contributed by atoms with Crippen LogP contribution in [0, 0.1) is 0 Å². The van der Waals surface area contributed by atoms with E-state index in [1.807, 2.05) is 46.2 Å². The Kier molecular flexibility index (Phi) is 15.9. The second kappa shape index (κ2) is 27.9. The molecule has 0 fully saturated rings. The summed E-state index contributed by atoms with van der Waals surface area (Å²) in [6.45, 7) is 0. The molecule has 6 heterocycles. The molecule has 0 unspecified atom stereocenters. The first-order valence-electron chi connectivity index (χ1n) is 43.2. The number of benzene rings is 20. The van der Waals surface area contributed by atoms with Crippen LogP contribution in [0.1, 0.15) is 44.5 Å². The number of thiophene rings is 2. The van der Waals surface area contributed by atoms with Crippen LogP contribution in [0.15, 0.2) is 456 Å².